The Morgan fingerprint density at radius 3 is 2.79 bits per heavy atom. The Labute approximate surface area is 187 Å². The van der Waals surface area contributed by atoms with Crippen molar-refractivity contribution >= 4 is 35.8 Å². The van der Waals surface area contributed by atoms with E-state index in [0.717, 1.165) is 37.6 Å². The van der Waals surface area contributed by atoms with E-state index in [-0.39, 0.29) is 29.9 Å². The van der Waals surface area contributed by atoms with Crippen LogP contribution in [-0.4, -0.2) is 63.1 Å². The minimum Gasteiger partial charge on any atom is -0.356 e. The summed E-state index contributed by atoms with van der Waals surface area (Å²) in [5.41, 5.74) is 1.84. The van der Waals surface area contributed by atoms with Crippen LogP contribution in [0.4, 0.5) is 0 Å². The summed E-state index contributed by atoms with van der Waals surface area (Å²) in [7, 11) is 3.46. The molecule has 1 amide bonds. The maximum atomic E-state index is 11.7. The van der Waals surface area contributed by atoms with Gasteiger partial charge in [0.15, 0.2) is 5.96 Å². The average molecular weight is 501 g/mol. The Bertz CT molecular complexity index is 635. The van der Waals surface area contributed by atoms with Crippen molar-refractivity contribution in [3.8, 4) is 0 Å². The van der Waals surface area contributed by atoms with E-state index in [1.807, 2.05) is 31.3 Å². The number of hydrogen-bond donors (Lipinski definition) is 3. The number of guanidine groups is 1. The van der Waals surface area contributed by atoms with Gasteiger partial charge in [0.25, 0.3) is 5.91 Å². The van der Waals surface area contributed by atoms with Gasteiger partial charge in [0, 0.05) is 45.3 Å². The molecule has 1 heterocycles. The van der Waals surface area contributed by atoms with Gasteiger partial charge in [-0.1, -0.05) is 12.1 Å². The lowest BCUT2D eigenvalue weighted by atomic mass is 9.97. The molecule has 1 aliphatic rings. The monoisotopic (exact) mass is 501 g/mol. The van der Waals surface area contributed by atoms with Crippen molar-refractivity contribution in [3.05, 3.63) is 35.4 Å². The zero-order valence-electron chi connectivity index (χ0n) is 17.6. The fourth-order valence-corrected chi connectivity index (χ4v) is 3.53. The van der Waals surface area contributed by atoms with Gasteiger partial charge in [0.05, 0.1) is 0 Å². The van der Waals surface area contributed by atoms with Crippen molar-refractivity contribution in [2.24, 2.45) is 10.9 Å². The molecular weight excluding hydrogens is 465 g/mol. The topological polar surface area (TPSA) is 68.8 Å². The number of aliphatic imine (C=N–C) groups is 1. The molecule has 0 aliphatic carbocycles. The maximum Gasteiger partial charge on any atom is 0.251 e. The number of carbonyl (C=O) groups excluding carboxylic acids is 1. The number of piperidine rings is 1. The van der Waals surface area contributed by atoms with Gasteiger partial charge < -0.3 is 20.9 Å². The number of halogens is 1. The highest BCUT2D eigenvalue weighted by molar-refractivity contribution is 14.0. The quantitative estimate of drug-likeness (QED) is 0.305. The second-order valence-electron chi connectivity index (χ2n) is 7.51. The molecule has 1 atom stereocenters. The molecule has 28 heavy (non-hydrogen) atoms. The Morgan fingerprint density at radius 1 is 1.32 bits per heavy atom. The third-order valence-corrected chi connectivity index (χ3v) is 5.18. The standard InChI is InChI=1S/C21H35N5O.HI/c1-16(2)26-12-6-8-18(15-26)14-25-21(23-4)24-11-10-17-7-5-9-19(13-17)20(27)22-3;/h5,7,9,13,16,18H,6,8,10-12,14-15H2,1-4H3,(H,22,27)(H2,23,24,25);1H. The highest BCUT2D eigenvalue weighted by Gasteiger charge is 2.21. The number of likely N-dealkylation sites (tertiary alicyclic amines) is 1. The van der Waals surface area contributed by atoms with Crippen molar-refractivity contribution in [3.63, 3.8) is 0 Å². The molecule has 1 unspecified atom stereocenters. The van der Waals surface area contributed by atoms with E-state index in [1.165, 1.54) is 19.4 Å². The van der Waals surface area contributed by atoms with E-state index in [1.54, 1.807) is 7.05 Å². The Balaban J connectivity index is 0.00000392. The number of carbonyl (C=O) groups is 1. The van der Waals surface area contributed by atoms with Gasteiger partial charge in [-0.3, -0.25) is 9.79 Å². The van der Waals surface area contributed by atoms with Gasteiger partial charge in [-0.2, -0.15) is 0 Å². The first-order chi connectivity index (χ1) is 13.0. The van der Waals surface area contributed by atoms with E-state index >= 15 is 0 Å². The summed E-state index contributed by atoms with van der Waals surface area (Å²) < 4.78 is 0. The van der Waals surface area contributed by atoms with Crippen LogP contribution in [0.5, 0.6) is 0 Å². The molecule has 3 N–H and O–H groups in total. The Morgan fingerprint density at radius 2 is 2.11 bits per heavy atom. The number of benzene rings is 1. The minimum atomic E-state index is -0.0507. The first-order valence-corrected chi connectivity index (χ1v) is 10.0. The van der Waals surface area contributed by atoms with Crippen molar-refractivity contribution in [2.45, 2.75) is 39.2 Å². The van der Waals surface area contributed by atoms with Crippen LogP contribution in [0.2, 0.25) is 0 Å². The summed E-state index contributed by atoms with van der Waals surface area (Å²) in [4.78, 5) is 18.6. The van der Waals surface area contributed by atoms with Gasteiger partial charge in [-0.25, -0.2) is 0 Å². The molecule has 7 heteroatoms. The first-order valence-electron chi connectivity index (χ1n) is 10.0. The third-order valence-electron chi connectivity index (χ3n) is 5.18. The number of hydrogen-bond acceptors (Lipinski definition) is 3. The van der Waals surface area contributed by atoms with E-state index in [2.05, 4.69) is 39.7 Å². The lowest BCUT2D eigenvalue weighted by Crippen LogP contribution is -2.46. The molecule has 1 saturated heterocycles. The molecule has 0 aromatic heterocycles. The molecule has 6 nitrogen and oxygen atoms in total. The average Bonchev–Trinajstić information content (AvgIpc) is 2.70. The smallest absolute Gasteiger partial charge is 0.251 e. The largest absolute Gasteiger partial charge is 0.356 e. The van der Waals surface area contributed by atoms with Crippen LogP contribution in [0, 0.1) is 5.92 Å². The third kappa shape index (κ3) is 7.95. The Kier molecular flexibility index (Phi) is 11.4. The second-order valence-corrected chi connectivity index (χ2v) is 7.51. The first kappa shape index (κ1) is 24.7. The Hall–Kier alpha value is -1.35. The molecule has 1 fully saturated rings. The van der Waals surface area contributed by atoms with Crippen molar-refractivity contribution in [1.82, 2.24) is 20.9 Å². The molecule has 1 aromatic rings. The van der Waals surface area contributed by atoms with Gasteiger partial charge >= 0.3 is 0 Å². The second kappa shape index (κ2) is 13.0. The van der Waals surface area contributed by atoms with Crippen LogP contribution >= 0.6 is 24.0 Å². The van der Waals surface area contributed by atoms with Gasteiger partial charge in [-0.05, 0) is 63.3 Å². The van der Waals surface area contributed by atoms with Gasteiger partial charge in [0.2, 0.25) is 0 Å². The van der Waals surface area contributed by atoms with Crippen LogP contribution in [0.3, 0.4) is 0 Å². The number of rotatable bonds is 7. The van der Waals surface area contributed by atoms with Gasteiger partial charge in [0.1, 0.15) is 0 Å². The van der Waals surface area contributed by atoms with E-state index in [9.17, 15) is 4.79 Å². The van der Waals surface area contributed by atoms with E-state index in [0.29, 0.717) is 17.5 Å². The van der Waals surface area contributed by atoms with Crippen molar-refractivity contribution < 1.29 is 4.79 Å². The van der Waals surface area contributed by atoms with Crippen LogP contribution in [0.15, 0.2) is 29.3 Å². The molecule has 1 aromatic carbocycles. The summed E-state index contributed by atoms with van der Waals surface area (Å²) in [6, 6.07) is 8.37. The SMILES string of the molecule is CN=C(NCCc1cccc(C(=O)NC)c1)NCC1CCCN(C(C)C)C1.I. The van der Waals surface area contributed by atoms with Crippen LogP contribution in [0.1, 0.15) is 42.6 Å². The van der Waals surface area contributed by atoms with Crippen LogP contribution in [0.25, 0.3) is 0 Å². The summed E-state index contributed by atoms with van der Waals surface area (Å²) in [5.74, 6) is 1.47. The molecule has 0 radical (unpaired) electrons. The predicted octanol–water partition coefficient (Wildman–Crippen LogP) is 2.49. The summed E-state index contributed by atoms with van der Waals surface area (Å²) >= 11 is 0. The lowest BCUT2D eigenvalue weighted by molar-refractivity contribution is 0.0963. The van der Waals surface area contributed by atoms with Crippen LogP contribution < -0.4 is 16.0 Å². The zero-order chi connectivity index (χ0) is 19.6. The fraction of sp³-hybridized carbons (Fsp3) is 0.619. The highest BCUT2D eigenvalue weighted by atomic mass is 127. The highest BCUT2D eigenvalue weighted by Crippen LogP contribution is 2.17. The van der Waals surface area contributed by atoms with Crippen LogP contribution in [-0.2, 0) is 6.42 Å². The summed E-state index contributed by atoms with van der Waals surface area (Å²) in [6.07, 6.45) is 3.40. The maximum absolute atomic E-state index is 11.7. The molecule has 2 rings (SSSR count). The molecule has 0 spiro atoms. The molecule has 0 saturated carbocycles. The van der Waals surface area contributed by atoms with Crippen molar-refractivity contribution in [2.75, 3.05) is 40.3 Å². The molecule has 158 valence electrons. The zero-order valence-corrected chi connectivity index (χ0v) is 20.0. The number of nitrogens with zero attached hydrogens (tertiary/aromatic N) is 2. The summed E-state index contributed by atoms with van der Waals surface area (Å²) in [6.45, 7) is 8.66. The van der Waals surface area contributed by atoms with Crippen molar-refractivity contribution in [1.29, 1.82) is 0 Å². The normalized spacial score (nSPS) is 17.8. The molecular formula is C21H36IN5O. The van der Waals surface area contributed by atoms with E-state index < -0.39 is 0 Å². The van der Waals surface area contributed by atoms with E-state index in [4.69, 9.17) is 0 Å². The summed E-state index contributed by atoms with van der Waals surface area (Å²) in [5, 5.41) is 9.51. The number of amides is 1. The molecule has 1 aliphatic heterocycles. The molecule has 0 bridgehead atoms. The lowest BCUT2D eigenvalue weighted by Gasteiger charge is -2.35. The van der Waals surface area contributed by atoms with Gasteiger partial charge in [-0.15, -0.1) is 24.0 Å². The fourth-order valence-electron chi connectivity index (χ4n) is 3.53. The predicted molar refractivity (Wildman–Crippen MR) is 128 cm³/mol. The number of nitrogens with one attached hydrogen (secondary N) is 3. The minimum absolute atomic E-state index is 0.